The van der Waals surface area contributed by atoms with E-state index in [1.807, 2.05) is 0 Å². The molecule has 9 nitrogen and oxygen atoms in total. The Morgan fingerprint density at radius 2 is 1.85 bits per heavy atom. The Labute approximate surface area is 158 Å². The van der Waals surface area contributed by atoms with Crippen molar-refractivity contribution in [3.8, 4) is 0 Å². The van der Waals surface area contributed by atoms with Crippen molar-refractivity contribution >= 4 is 41.1 Å². The van der Waals surface area contributed by atoms with E-state index < -0.39 is 28.6 Å². The molecule has 0 aliphatic heterocycles. The Morgan fingerprint density at radius 1 is 1.19 bits per heavy atom. The minimum absolute atomic E-state index is 0.0966. The zero-order chi connectivity index (χ0) is 20.0. The molecule has 1 aromatic heterocycles. The highest BCUT2D eigenvalue weighted by Gasteiger charge is 2.20. The third-order valence-electron chi connectivity index (χ3n) is 3.29. The molecule has 3 N–H and O–H groups in total. The van der Waals surface area contributed by atoms with Crippen molar-refractivity contribution in [2.45, 2.75) is 24.3 Å². The van der Waals surface area contributed by atoms with E-state index in [4.69, 9.17) is 0 Å². The van der Waals surface area contributed by atoms with E-state index in [9.17, 15) is 19.2 Å². The molecule has 142 valence electrons. The summed E-state index contributed by atoms with van der Waals surface area (Å²) >= 11 is 0.950. The molecule has 0 fully saturated rings. The van der Waals surface area contributed by atoms with Gasteiger partial charge in [0.25, 0.3) is 11.5 Å². The molecule has 1 aromatic carbocycles. The maximum atomic E-state index is 12.4. The van der Waals surface area contributed by atoms with Gasteiger partial charge < -0.3 is 15.4 Å². The number of methoxy groups -OCH3 is 1. The highest BCUT2D eigenvalue weighted by Crippen LogP contribution is 2.23. The van der Waals surface area contributed by atoms with Crippen molar-refractivity contribution in [2.24, 2.45) is 0 Å². The number of nitrogens with one attached hydrogen (secondary N) is 3. The molecule has 0 unspecified atom stereocenters. The molecule has 0 aliphatic carbocycles. The molecule has 0 saturated heterocycles. The summed E-state index contributed by atoms with van der Waals surface area (Å²) in [5.74, 6) is -1.61. The highest BCUT2D eigenvalue weighted by molar-refractivity contribution is 8.00. The number of aromatic nitrogens is 2. The average molecular weight is 390 g/mol. The Balaban J connectivity index is 2.36. The summed E-state index contributed by atoms with van der Waals surface area (Å²) in [7, 11) is 1.25. The molecular weight excluding hydrogens is 372 g/mol. The number of hydrogen-bond donors (Lipinski definition) is 3. The smallest absolute Gasteiger partial charge is 0.318 e. The number of esters is 1. The molecule has 0 bridgehead atoms. The zero-order valence-electron chi connectivity index (χ0n) is 14.9. The normalized spacial score (nSPS) is 11.4. The monoisotopic (exact) mass is 390 g/mol. The molecule has 27 heavy (non-hydrogen) atoms. The molecule has 1 atom stereocenters. The summed E-state index contributed by atoms with van der Waals surface area (Å²) in [5.41, 5.74) is -0.532. The molecule has 2 aromatic rings. The summed E-state index contributed by atoms with van der Waals surface area (Å²) in [5, 5.41) is 4.33. The molecular formula is C17H18N4O5S. The summed E-state index contributed by atoms with van der Waals surface area (Å²) in [6.45, 7) is 2.83. The van der Waals surface area contributed by atoms with Crippen LogP contribution in [-0.2, 0) is 14.3 Å². The number of amides is 2. The number of hydrogen-bond acceptors (Lipinski definition) is 7. The molecule has 0 aliphatic rings. The molecule has 10 heteroatoms. The SMILES string of the molecule is COC(=O)[C@@H](C)Sc1nc(NC(C)=O)c(NC(=O)c2ccccc2)c(=O)[nH]1. The molecule has 2 rings (SSSR count). The summed E-state index contributed by atoms with van der Waals surface area (Å²) in [6, 6.07) is 8.27. The van der Waals surface area contributed by atoms with Gasteiger partial charge in [0.05, 0.1) is 7.11 Å². The number of benzene rings is 1. The van der Waals surface area contributed by atoms with Crippen molar-refractivity contribution < 1.29 is 19.1 Å². The molecule has 2 amide bonds. The predicted octanol–water partition coefficient (Wildman–Crippen LogP) is 1.63. The minimum Gasteiger partial charge on any atom is -0.468 e. The van der Waals surface area contributed by atoms with Crippen molar-refractivity contribution in [1.82, 2.24) is 9.97 Å². The van der Waals surface area contributed by atoms with Gasteiger partial charge in [0.15, 0.2) is 16.7 Å². The number of rotatable bonds is 6. The number of nitrogens with zero attached hydrogens (tertiary/aromatic N) is 1. The standard InChI is InChI=1S/C17H18N4O5S/c1-9(16(25)26-3)27-17-20-13(18-10(2)22)12(15(24)21-17)19-14(23)11-7-5-4-6-8-11/h4-9H,1-3H3,(H,19,23)(H2,18,20,21,22,24)/t9-/m1/s1. The van der Waals surface area contributed by atoms with E-state index in [0.717, 1.165) is 11.8 Å². The largest absolute Gasteiger partial charge is 0.468 e. The second-order valence-corrected chi connectivity index (χ2v) is 6.71. The van der Waals surface area contributed by atoms with Crippen LogP contribution in [0, 0.1) is 0 Å². The zero-order valence-corrected chi connectivity index (χ0v) is 15.7. The third kappa shape index (κ3) is 5.42. The number of carbonyl (C=O) groups is 3. The van der Waals surface area contributed by atoms with E-state index in [-0.39, 0.29) is 16.7 Å². The second kappa shape index (κ2) is 8.99. The van der Waals surface area contributed by atoms with Crippen LogP contribution in [0.4, 0.5) is 11.5 Å². The lowest BCUT2D eigenvalue weighted by Gasteiger charge is -2.13. The van der Waals surface area contributed by atoms with Crippen molar-refractivity contribution in [2.75, 3.05) is 17.7 Å². The van der Waals surface area contributed by atoms with Gasteiger partial charge in [-0.25, -0.2) is 4.98 Å². The van der Waals surface area contributed by atoms with Crippen LogP contribution in [0.1, 0.15) is 24.2 Å². The number of ether oxygens (including phenoxy) is 1. The third-order valence-corrected chi connectivity index (χ3v) is 4.25. The Morgan fingerprint density at radius 3 is 2.44 bits per heavy atom. The predicted molar refractivity (Wildman–Crippen MR) is 101 cm³/mol. The van der Waals surface area contributed by atoms with Crippen LogP contribution in [0.2, 0.25) is 0 Å². The molecule has 0 spiro atoms. The van der Waals surface area contributed by atoms with Crippen LogP contribution in [-0.4, -0.2) is 40.1 Å². The van der Waals surface area contributed by atoms with Gasteiger partial charge in [0, 0.05) is 12.5 Å². The summed E-state index contributed by atoms with van der Waals surface area (Å²) < 4.78 is 4.63. The van der Waals surface area contributed by atoms with Crippen LogP contribution in [0.3, 0.4) is 0 Å². The van der Waals surface area contributed by atoms with E-state index in [1.165, 1.54) is 14.0 Å². The van der Waals surface area contributed by atoms with E-state index in [1.54, 1.807) is 37.3 Å². The van der Waals surface area contributed by atoms with Gasteiger partial charge in [-0.05, 0) is 19.1 Å². The first-order valence-corrected chi connectivity index (χ1v) is 8.72. The molecule has 1 heterocycles. The van der Waals surface area contributed by atoms with Crippen LogP contribution in [0.5, 0.6) is 0 Å². The van der Waals surface area contributed by atoms with Gasteiger partial charge in [-0.2, -0.15) is 0 Å². The fourth-order valence-corrected chi connectivity index (χ4v) is 2.86. The molecule has 0 radical (unpaired) electrons. The Bertz CT molecular complexity index is 913. The van der Waals surface area contributed by atoms with E-state index >= 15 is 0 Å². The quantitative estimate of drug-likeness (QED) is 0.388. The van der Waals surface area contributed by atoms with Crippen molar-refractivity contribution in [1.29, 1.82) is 0 Å². The number of thioether (sulfide) groups is 1. The fraction of sp³-hybridized carbons (Fsp3) is 0.235. The highest BCUT2D eigenvalue weighted by atomic mass is 32.2. The van der Waals surface area contributed by atoms with Crippen LogP contribution in [0.25, 0.3) is 0 Å². The fourth-order valence-electron chi connectivity index (χ4n) is 2.04. The number of aromatic amines is 1. The maximum Gasteiger partial charge on any atom is 0.318 e. The van der Waals surface area contributed by atoms with Crippen LogP contribution < -0.4 is 16.2 Å². The Kier molecular flexibility index (Phi) is 6.72. The van der Waals surface area contributed by atoms with Gasteiger partial charge in [-0.1, -0.05) is 30.0 Å². The maximum absolute atomic E-state index is 12.4. The summed E-state index contributed by atoms with van der Waals surface area (Å²) in [4.78, 5) is 54.4. The number of H-pyrrole nitrogens is 1. The second-order valence-electron chi connectivity index (χ2n) is 5.38. The average Bonchev–Trinajstić information content (AvgIpc) is 2.63. The lowest BCUT2D eigenvalue weighted by Crippen LogP contribution is -2.25. The first kappa shape index (κ1) is 20.2. The van der Waals surface area contributed by atoms with Crippen LogP contribution in [0.15, 0.2) is 40.3 Å². The molecule has 0 saturated carbocycles. The van der Waals surface area contributed by atoms with Gasteiger partial charge >= 0.3 is 5.97 Å². The van der Waals surface area contributed by atoms with Gasteiger partial charge in [0.1, 0.15) is 5.25 Å². The topological polar surface area (TPSA) is 130 Å². The first-order chi connectivity index (χ1) is 12.8. The summed E-state index contributed by atoms with van der Waals surface area (Å²) in [6.07, 6.45) is 0. The van der Waals surface area contributed by atoms with Crippen molar-refractivity contribution in [3.05, 3.63) is 46.2 Å². The van der Waals surface area contributed by atoms with Gasteiger partial charge in [0.2, 0.25) is 5.91 Å². The Hall–Kier alpha value is -3.14. The van der Waals surface area contributed by atoms with Gasteiger partial charge in [-0.15, -0.1) is 0 Å². The lowest BCUT2D eigenvalue weighted by molar-refractivity contribution is -0.139. The number of carbonyl (C=O) groups excluding carboxylic acids is 3. The van der Waals surface area contributed by atoms with Crippen LogP contribution >= 0.6 is 11.8 Å². The van der Waals surface area contributed by atoms with E-state index in [0.29, 0.717) is 5.56 Å². The minimum atomic E-state index is -0.669. The van der Waals surface area contributed by atoms with Crippen molar-refractivity contribution in [3.63, 3.8) is 0 Å². The number of anilines is 2. The lowest BCUT2D eigenvalue weighted by atomic mass is 10.2. The first-order valence-electron chi connectivity index (χ1n) is 7.84. The van der Waals surface area contributed by atoms with E-state index in [2.05, 4.69) is 25.3 Å². The van der Waals surface area contributed by atoms with Gasteiger partial charge in [-0.3, -0.25) is 24.2 Å².